The van der Waals surface area contributed by atoms with E-state index in [1.807, 2.05) is 6.92 Å². The van der Waals surface area contributed by atoms with E-state index in [1.54, 1.807) is 6.92 Å². The Balaban J connectivity index is 0.755. The molecular weight excluding hydrogens is 1300 g/mol. The van der Waals surface area contributed by atoms with Crippen molar-refractivity contribution in [3.63, 3.8) is 0 Å². The Morgan fingerprint density at radius 2 is 0.928 bits per heavy atom. The largest absolute Gasteiger partial charge is 0.394 e. The molecule has 0 radical (unpaired) electrons. The van der Waals surface area contributed by atoms with Gasteiger partial charge in [0.1, 0.15) is 140 Å². The molecular formula is C63H106O34. The third kappa shape index (κ3) is 14.3. The third-order valence-corrected chi connectivity index (χ3v) is 24.3. The highest BCUT2D eigenvalue weighted by atomic mass is 16.8. The summed E-state index contributed by atoms with van der Waals surface area (Å²) in [4.78, 5) is 0. The van der Waals surface area contributed by atoms with Crippen LogP contribution in [0.2, 0.25) is 0 Å². The molecule has 0 bridgehead atoms. The molecule has 7 heterocycles. The molecule has 43 atom stereocenters. The molecule has 562 valence electrons. The fourth-order valence-corrected chi connectivity index (χ4v) is 18.6. The van der Waals surface area contributed by atoms with Crippen molar-refractivity contribution in [1.82, 2.24) is 0 Å². The van der Waals surface area contributed by atoms with E-state index in [4.69, 9.17) is 61.6 Å². The fourth-order valence-electron chi connectivity index (χ4n) is 18.6. The minimum atomic E-state index is -2.26. The van der Waals surface area contributed by atoms with Crippen LogP contribution in [0.25, 0.3) is 0 Å². The number of aliphatic hydroxyl groups is 21. The van der Waals surface area contributed by atoms with Gasteiger partial charge >= 0.3 is 0 Å². The van der Waals surface area contributed by atoms with Gasteiger partial charge in [0.2, 0.25) is 0 Å². The minimum absolute atomic E-state index is 0.0347. The highest BCUT2D eigenvalue weighted by molar-refractivity contribution is 5.16. The lowest BCUT2D eigenvalue weighted by atomic mass is 9.44. The fraction of sp³-hybridized carbons (Fsp3) is 1.00. The molecule has 0 spiro atoms. The average molecular weight is 1410 g/mol. The minimum Gasteiger partial charge on any atom is -0.394 e. The molecule has 34 heteroatoms. The van der Waals surface area contributed by atoms with E-state index in [0.717, 1.165) is 32.1 Å². The van der Waals surface area contributed by atoms with Crippen LogP contribution in [0.4, 0.5) is 0 Å². The van der Waals surface area contributed by atoms with Gasteiger partial charge in [0.15, 0.2) is 43.5 Å². The number of hydrogen-bond acceptors (Lipinski definition) is 34. The van der Waals surface area contributed by atoms with Crippen molar-refractivity contribution in [1.29, 1.82) is 0 Å². The molecule has 7 saturated heterocycles. The standard InChI is InChI=1S/C63H106O34/c1-21(20-85-55-46(79)42(75)37(70)23(3)86-55)8-11-63(84)22(2)36-30(97-63)13-27-25-7-6-24-12-29(28(69)14-62(24,5)26(25)9-10-61(27,36)4)87-56-49(82)45(78)51(35(19-68)92-56)93-60-54(53(41(74)34(18-67)91-60)95-58-48(81)44(77)39(72)32(16-65)89-58)96-59-50(83)52(40(73)33(17-66)90-59)94-57-47(80)43(76)38(71)31(15-64)88-57/h21-60,64-84H,6-20H2,1-5H3/t21-,22+,23-,24+,25-,26+,27+,28-,29-,30+,31-,32-,33-,34-,35-,36+,37-,38-,39-,40-,41-,42+,43+,44+,45-,46-,47-,48-,49-,50-,51+,52+,53+,54-,55-,56-,57+,58+,59+,60+,61+,62+,63+/m1/s1. The van der Waals surface area contributed by atoms with Gasteiger partial charge in [-0.2, -0.15) is 0 Å². The Morgan fingerprint density at radius 1 is 0.443 bits per heavy atom. The summed E-state index contributed by atoms with van der Waals surface area (Å²) < 4.78 is 77.9. The van der Waals surface area contributed by atoms with Crippen LogP contribution >= 0.6 is 0 Å². The first kappa shape index (κ1) is 76.8. The molecule has 34 nitrogen and oxygen atoms in total. The van der Waals surface area contributed by atoms with Gasteiger partial charge in [-0.3, -0.25) is 0 Å². The van der Waals surface area contributed by atoms with Crippen molar-refractivity contribution in [2.75, 3.05) is 39.6 Å². The van der Waals surface area contributed by atoms with Crippen LogP contribution in [0.3, 0.4) is 0 Å². The molecule has 4 saturated carbocycles. The summed E-state index contributed by atoms with van der Waals surface area (Å²) in [7, 11) is 0. The first-order valence-electron chi connectivity index (χ1n) is 34.4. The van der Waals surface area contributed by atoms with E-state index in [2.05, 4.69) is 20.8 Å². The lowest BCUT2D eigenvalue weighted by molar-refractivity contribution is -0.412. The first-order valence-corrected chi connectivity index (χ1v) is 34.4. The number of fused-ring (bicyclic) bond motifs is 7. The van der Waals surface area contributed by atoms with E-state index in [9.17, 15) is 107 Å². The van der Waals surface area contributed by atoms with Crippen molar-refractivity contribution < 1.29 is 169 Å². The summed E-state index contributed by atoms with van der Waals surface area (Å²) in [6.45, 7) is 5.48. The van der Waals surface area contributed by atoms with E-state index < -0.39 is 235 Å². The van der Waals surface area contributed by atoms with E-state index in [0.29, 0.717) is 31.6 Å². The predicted molar refractivity (Wildman–Crippen MR) is 317 cm³/mol. The smallest absolute Gasteiger partial charge is 0.187 e. The van der Waals surface area contributed by atoms with Gasteiger partial charge in [0, 0.05) is 12.3 Å². The van der Waals surface area contributed by atoms with Crippen LogP contribution in [0, 0.1) is 52.3 Å². The Kier molecular flexibility index (Phi) is 24.2. The van der Waals surface area contributed by atoms with Crippen LogP contribution in [0.1, 0.15) is 92.4 Å². The second-order valence-electron chi connectivity index (χ2n) is 30.0. The molecule has 11 fully saturated rings. The second kappa shape index (κ2) is 30.6. The zero-order valence-electron chi connectivity index (χ0n) is 54.9. The Bertz CT molecular complexity index is 2530. The van der Waals surface area contributed by atoms with Crippen molar-refractivity contribution in [3.05, 3.63) is 0 Å². The van der Waals surface area contributed by atoms with E-state index in [-0.39, 0.29) is 59.0 Å². The average Bonchev–Trinajstić information content (AvgIpc) is 1.57. The van der Waals surface area contributed by atoms with Crippen molar-refractivity contribution >= 4 is 0 Å². The topological polar surface area (TPSA) is 545 Å². The zero-order chi connectivity index (χ0) is 70.4. The molecule has 21 N–H and O–H groups in total. The Labute approximate surface area is 559 Å². The van der Waals surface area contributed by atoms with Crippen molar-refractivity contribution in [2.24, 2.45) is 52.3 Å². The van der Waals surface area contributed by atoms with E-state index >= 15 is 0 Å². The van der Waals surface area contributed by atoms with Gasteiger partial charge in [-0.1, -0.05) is 27.7 Å². The lowest BCUT2D eigenvalue weighted by Crippen LogP contribution is -2.69. The Hall–Kier alpha value is -1.36. The van der Waals surface area contributed by atoms with Crippen molar-refractivity contribution in [3.8, 4) is 0 Å². The first-order chi connectivity index (χ1) is 45.9. The summed E-state index contributed by atoms with van der Waals surface area (Å²) in [6, 6.07) is 0. The Morgan fingerprint density at radius 3 is 1.53 bits per heavy atom. The summed E-state index contributed by atoms with van der Waals surface area (Å²) in [5, 5.41) is 230. The normalized spacial score (nSPS) is 55.9. The molecule has 0 amide bonds. The number of aliphatic hydroxyl groups excluding tert-OH is 20. The number of ether oxygens (including phenoxy) is 13. The molecule has 0 aromatic rings. The number of rotatable bonds is 21. The summed E-state index contributed by atoms with van der Waals surface area (Å²) in [6.07, 6.45) is -51.3. The molecule has 0 unspecified atom stereocenters. The van der Waals surface area contributed by atoms with Gasteiger partial charge in [-0.25, -0.2) is 0 Å². The molecule has 7 aliphatic heterocycles. The van der Waals surface area contributed by atoms with Crippen LogP contribution in [0.15, 0.2) is 0 Å². The van der Waals surface area contributed by atoms with Crippen LogP contribution in [-0.4, -0.2) is 355 Å². The van der Waals surface area contributed by atoms with Gasteiger partial charge in [-0.15, -0.1) is 0 Å². The lowest BCUT2D eigenvalue weighted by Gasteiger charge is -2.62. The highest BCUT2D eigenvalue weighted by Crippen LogP contribution is 2.71. The predicted octanol–water partition coefficient (Wildman–Crippen LogP) is -8.31. The highest BCUT2D eigenvalue weighted by Gasteiger charge is 2.69. The maximum absolute atomic E-state index is 12.2. The van der Waals surface area contributed by atoms with Gasteiger partial charge in [-0.05, 0) is 105 Å². The van der Waals surface area contributed by atoms with Crippen LogP contribution in [0.5, 0.6) is 0 Å². The monoisotopic (exact) mass is 1410 g/mol. The van der Waals surface area contributed by atoms with Crippen molar-refractivity contribution in [2.45, 2.75) is 301 Å². The molecule has 97 heavy (non-hydrogen) atoms. The summed E-state index contributed by atoms with van der Waals surface area (Å²) in [5.41, 5.74) is -0.494. The zero-order valence-corrected chi connectivity index (χ0v) is 54.9. The SMILES string of the molecule is C[C@H](CC[C@]1(O)O[C@H]2C[C@H]3[C@@H]4CC[C@H]5C[C@@H](O[C@@H]6O[C@H](CO)[C@H](O[C@@H]7O[C@H](CO)[C@@H](O)[C@H](O[C@@H]8O[C@H](CO)[C@@H](O)[C@H](O)[C@H]8O)[C@H]7O[C@@H]7O[C@H](CO)[C@@H](O)[C@H](O[C@@H]8O[C@H](CO)[C@@H](O)[C@H](O)[C@H]8O)[C@H]7O)[C@H](O)[C@H]6O)[C@H](O)C[C@]5(C)[C@H]4CC[C@]3(C)[C@H]2[C@@H]1C)CO[C@@H]1O[C@H](C)[C@@H](O)[C@H](O)[C@H]1O. The van der Waals surface area contributed by atoms with Crippen LogP contribution < -0.4 is 0 Å². The van der Waals surface area contributed by atoms with Gasteiger partial charge in [0.25, 0.3) is 0 Å². The van der Waals surface area contributed by atoms with Gasteiger partial charge in [0.05, 0.1) is 64.1 Å². The summed E-state index contributed by atoms with van der Waals surface area (Å²) in [5.74, 6) is -0.736. The summed E-state index contributed by atoms with van der Waals surface area (Å²) >= 11 is 0. The second-order valence-corrected chi connectivity index (χ2v) is 30.0. The number of hydrogen-bond donors (Lipinski definition) is 21. The molecule has 11 aliphatic rings. The molecule has 0 aromatic carbocycles. The maximum Gasteiger partial charge on any atom is 0.187 e. The van der Waals surface area contributed by atoms with Crippen LogP contribution in [-0.2, 0) is 61.6 Å². The van der Waals surface area contributed by atoms with E-state index in [1.165, 1.54) is 0 Å². The molecule has 4 aliphatic carbocycles. The maximum atomic E-state index is 12.2. The third-order valence-electron chi connectivity index (χ3n) is 24.3. The quantitative estimate of drug-likeness (QED) is 0.0475. The molecule has 0 aromatic heterocycles. The molecule has 11 rings (SSSR count). The van der Waals surface area contributed by atoms with Gasteiger partial charge < -0.3 is 169 Å².